The van der Waals surface area contributed by atoms with Crippen LogP contribution in [0.5, 0.6) is 0 Å². The Morgan fingerprint density at radius 1 is 0.875 bits per heavy atom. The molecule has 4 heteroatoms. The molecule has 1 atom stereocenters. The Morgan fingerprint density at radius 3 is 2.29 bits per heavy atom. The minimum atomic E-state index is 0.288. The standard InChI is InChI=1S/C20H20N4/c1-15-8-6-7-11-18(15)23-14-16(2)24(17-9-4-3-5-10-17)20-19(23)21-12-13-22-20/h3-13,16H,14H2,1-2H3/t16-/m0/s1. The number of aromatic nitrogens is 2. The fourth-order valence-electron chi connectivity index (χ4n) is 3.37. The summed E-state index contributed by atoms with van der Waals surface area (Å²) in [5.41, 5.74) is 3.59. The van der Waals surface area contributed by atoms with Gasteiger partial charge in [0.15, 0.2) is 11.6 Å². The van der Waals surface area contributed by atoms with Gasteiger partial charge in [-0.05, 0) is 37.6 Å². The van der Waals surface area contributed by atoms with Gasteiger partial charge in [0.1, 0.15) is 0 Å². The lowest BCUT2D eigenvalue weighted by atomic mass is 10.1. The number of hydrogen-bond donors (Lipinski definition) is 0. The van der Waals surface area contributed by atoms with Gasteiger partial charge in [-0.25, -0.2) is 9.97 Å². The first-order valence-electron chi connectivity index (χ1n) is 8.24. The molecule has 0 saturated carbocycles. The van der Waals surface area contributed by atoms with Crippen molar-refractivity contribution in [3.63, 3.8) is 0 Å². The number of nitrogens with zero attached hydrogens (tertiary/aromatic N) is 4. The molecule has 1 aliphatic heterocycles. The van der Waals surface area contributed by atoms with Gasteiger partial charge in [-0.1, -0.05) is 36.4 Å². The molecule has 3 aromatic rings. The van der Waals surface area contributed by atoms with E-state index < -0.39 is 0 Å². The third kappa shape index (κ3) is 2.40. The van der Waals surface area contributed by atoms with Gasteiger partial charge in [0, 0.05) is 30.3 Å². The maximum absolute atomic E-state index is 4.65. The van der Waals surface area contributed by atoms with Crippen LogP contribution in [-0.2, 0) is 0 Å². The van der Waals surface area contributed by atoms with E-state index in [0.717, 1.165) is 23.9 Å². The average molecular weight is 316 g/mol. The van der Waals surface area contributed by atoms with Crippen LogP contribution in [0.2, 0.25) is 0 Å². The lowest BCUT2D eigenvalue weighted by Crippen LogP contribution is -2.44. The van der Waals surface area contributed by atoms with Crippen molar-refractivity contribution in [2.75, 3.05) is 16.3 Å². The summed E-state index contributed by atoms with van der Waals surface area (Å²) >= 11 is 0. The molecule has 4 rings (SSSR count). The van der Waals surface area contributed by atoms with Crippen LogP contribution in [0.15, 0.2) is 67.0 Å². The summed E-state index contributed by atoms with van der Waals surface area (Å²) < 4.78 is 0. The second kappa shape index (κ2) is 5.96. The molecule has 0 N–H and O–H groups in total. The monoisotopic (exact) mass is 316 g/mol. The molecule has 0 saturated heterocycles. The highest BCUT2D eigenvalue weighted by Gasteiger charge is 2.32. The number of fused-ring (bicyclic) bond motifs is 1. The van der Waals surface area contributed by atoms with Gasteiger partial charge in [-0.15, -0.1) is 0 Å². The first-order valence-corrected chi connectivity index (χ1v) is 8.24. The van der Waals surface area contributed by atoms with Crippen LogP contribution in [0.1, 0.15) is 12.5 Å². The van der Waals surface area contributed by atoms with Crippen LogP contribution < -0.4 is 9.80 Å². The summed E-state index contributed by atoms with van der Waals surface area (Å²) in [6, 6.07) is 19.1. The van der Waals surface area contributed by atoms with Crippen molar-refractivity contribution < 1.29 is 0 Å². The quantitative estimate of drug-likeness (QED) is 0.698. The first kappa shape index (κ1) is 14.7. The molecule has 1 aromatic heterocycles. The van der Waals surface area contributed by atoms with E-state index in [4.69, 9.17) is 0 Å². The van der Waals surface area contributed by atoms with E-state index in [9.17, 15) is 0 Å². The van der Waals surface area contributed by atoms with Crippen LogP contribution in [0.3, 0.4) is 0 Å². The Hall–Kier alpha value is -2.88. The van der Waals surface area contributed by atoms with Crippen molar-refractivity contribution in [3.05, 3.63) is 72.6 Å². The Bertz CT molecular complexity index is 847. The highest BCUT2D eigenvalue weighted by molar-refractivity contribution is 5.79. The van der Waals surface area contributed by atoms with Gasteiger partial charge in [0.25, 0.3) is 0 Å². The molecule has 2 heterocycles. The van der Waals surface area contributed by atoms with Crippen molar-refractivity contribution >= 4 is 23.0 Å². The van der Waals surface area contributed by atoms with E-state index >= 15 is 0 Å². The summed E-state index contributed by atoms with van der Waals surface area (Å²) in [7, 11) is 0. The van der Waals surface area contributed by atoms with E-state index in [1.807, 2.05) is 6.07 Å². The molecule has 4 nitrogen and oxygen atoms in total. The smallest absolute Gasteiger partial charge is 0.177 e. The molecule has 0 radical (unpaired) electrons. The van der Waals surface area contributed by atoms with Crippen LogP contribution in [0.25, 0.3) is 0 Å². The van der Waals surface area contributed by atoms with Crippen molar-refractivity contribution in [2.45, 2.75) is 19.9 Å². The number of benzene rings is 2. The number of hydrogen-bond acceptors (Lipinski definition) is 4. The Labute approximate surface area is 142 Å². The van der Waals surface area contributed by atoms with Crippen molar-refractivity contribution in [2.24, 2.45) is 0 Å². The highest BCUT2D eigenvalue weighted by Crippen LogP contribution is 2.40. The van der Waals surface area contributed by atoms with E-state index in [2.05, 4.69) is 82.1 Å². The molecule has 1 aliphatic rings. The fourth-order valence-corrected chi connectivity index (χ4v) is 3.37. The molecule has 120 valence electrons. The highest BCUT2D eigenvalue weighted by atomic mass is 15.4. The SMILES string of the molecule is Cc1ccccc1N1C[C@H](C)N(c2ccccc2)c2nccnc21. The van der Waals surface area contributed by atoms with Gasteiger partial charge in [0.2, 0.25) is 0 Å². The molecule has 0 fully saturated rings. The van der Waals surface area contributed by atoms with Gasteiger partial charge in [0.05, 0.1) is 6.04 Å². The fraction of sp³-hybridized carbons (Fsp3) is 0.200. The van der Waals surface area contributed by atoms with Crippen LogP contribution >= 0.6 is 0 Å². The molecular formula is C20H20N4. The average Bonchev–Trinajstić information content (AvgIpc) is 2.62. The summed E-state index contributed by atoms with van der Waals surface area (Å²) in [4.78, 5) is 13.9. The zero-order valence-corrected chi connectivity index (χ0v) is 13.9. The maximum Gasteiger partial charge on any atom is 0.177 e. The molecule has 2 aromatic carbocycles. The zero-order valence-electron chi connectivity index (χ0n) is 13.9. The third-order valence-electron chi connectivity index (χ3n) is 4.47. The van der Waals surface area contributed by atoms with E-state index in [0.29, 0.717) is 0 Å². The summed E-state index contributed by atoms with van der Waals surface area (Å²) in [6.45, 7) is 5.24. The zero-order chi connectivity index (χ0) is 16.5. The predicted octanol–water partition coefficient (Wildman–Crippen LogP) is 4.46. The number of para-hydroxylation sites is 2. The normalized spacial score (nSPS) is 16.8. The molecule has 24 heavy (non-hydrogen) atoms. The Balaban J connectivity index is 1.85. The minimum absolute atomic E-state index is 0.288. The molecule has 0 bridgehead atoms. The topological polar surface area (TPSA) is 32.3 Å². The summed E-state index contributed by atoms with van der Waals surface area (Å²) in [6.07, 6.45) is 3.53. The van der Waals surface area contributed by atoms with Crippen LogP contribution in [-0.4, -0.2) is 22.6 Å². The Morgan fingerprint density at radius 2 is 1.54 bits per heavy atom. The van der Waals surface area contributed by atoms with Gasteiger partial charge >= 0.3 is 0 Å². The lowest BCUT2D eigenvalue weighted by molar-refractivity contribution is 0.667. The minimum Gasteiger partial charge on any atom is -0.321 e. The molecule has 0 unspecified atom stereocenters. The van der Waals surface area contributed by atoms with Crippen LogP contribution in [0, 0.1) is 6.92 Å². The maximum atomic E-state index is 4.65. The van der Waals surface area contributed by atoms with Crippen LogP contribution in [0.4, 0.5) is 23.0 Å². The second-order valence-electron chi connectivity index (χ2n) is 6.16. The van der Waals surface area contributed by atoms with E-state index in [1.54, 1.807) is 12.4 Å². The first-order chi connectivity index (χ1) is 11.8. The van der Waals surface area contributed by atoms with E-state index in [1.165, 1.54) is 11.3 Å². The van der Waals surface area contributed by atoms with Crippen molar-refractivity contribution in [1.29, 1.82) is 0 Å². The van der Waals surface area contributed by atoms with Crippen molar-refractivity contribution in [1.82, 2.24) is 9.97 Å². The largest absolute Gasteiger partial charge is 0.321 e. The predicted molar refractivity (Wildman–Crippen MR) is 98.3 cm³/mol. The molecule has 0 amide bonds. The number of rotatable bonds is 2. The van der Waals surface area contributed by atoms with Gasteiger partial charge in [-0.3, -0.25) is 0 Å². The van der Waals surface area contributed by atoms with E-state index in [-0.39, 0.29) is 6.04 Å². The Kier molecular flexibility index (Phi) is 3.65. The van der Waals surface area contributed by atoms with Gasteiger partial charge < -0.3 is 9.80 Å². The lowest BCUT2D eigenvalue weighted by Gasteiger charge is -2.41. The third-order valence-corrected chi connectivity index (χ3v) is 4.47. The molecular weight excluding hydrogens is 296 g/mol. The molecule has 0 spiro atoms. The summed E-state index contributed by atoms with van der Waals surface area (Å²) in [5, 5.41) is 0. The van der Waals surface area contributed by atoms with Crippen molar-refractivity contribution in [3.8, 4) is 0 Å². The summed E-state index contributed by atoms with van der Waals surface area (Å²) in [5.74, 6) is 1.82. The number of aryl methyl sites for hydroxylation is 1. The second-order valence-corrected chi connectivity index (χ2v) is 6.16. The molecule has 0 aliphatic carbocycles. The number of anilines is 4. The van der Waals surface area contributed by atoms with Gasteiger partial charge in [-0.2, -0.15) is 0 Å².